The van der Waals surface area contributed by atoms with Crippen LogP contribution < -0.4 is 23.4 Å². The Bertz CT molecular complexity index is 289. The lowest BCUT2D eigenvalue weighted by Gasteiger charge is -2.03. The molecule has 8 nitrogen and oxygen atoms in total. The molecule has 0 amide bonds. The molecule has 0 rings (SSSR count). The van der Waals surface area contributed by atoms with Gasteiger partial charge in [0, 0.05) is 12.8 Å². The standard InChI is InChI=1S/C20H38O4.2H4N2/c21-19(22)17-15-13-11-9-7-5-3-1-2-4-6-8-10-12-14-16-18-20(23)24;2*1-2/h1-18H2,(H,21,22)(H,23,24);2*1-2H2. The van der Waals surface area contributed by atoms with Crippen LogP contribution in [-0.4, -0.2) is 22.2 Å². The molecule has 0 heterocycles. The van der Waals surface area contributed by atoms with Crippen LogP contribution in [0.4, 0.5) is 0 Å². The number of carbonyl (C=O) groups is 2. The Morgan fingerprint density at radius 1 is 0.393 bits per heavy atom. The summed E-state index contributed by atoms with van der Waals surface area (Å²) in [6.07, 6.45) is 19.9. The van der Waals surface area contributed by atoms with E-state index in [1.54, 1.807) is 0 Å². The molecular formula is C20H46N4O4. The summed E-state index contributed by atoms with van der Waals surface area (Å²) in [5.74, 6) is 14.7. The van der Waals surface area contributed by atoms with Gasteiger partial charge in [0.25, 0.3) is 0 Å². The van der Waals surface area contributed by atoms with E-state index in [0.717, 1.165) is 25.7 Å². The number of carboxylic acids is 2. The van der Waals surface area contributed by atoms with Gasteiger partial charge < -0.3 is 10.2 Å². The molecule has 0 aromatic rings. The van der Waals surface area contributed by atoms with E-state index in [-0.39, 0.29) is 0 Å². The average molecular weight is 407 g/mol. The Balaban J connectivity index is -0.00000146. The van der Waals surface area contributed by atoms with Crippen molar-refractivity contribution in [1.29, 1.82) is 0 Å². The number of aliphatic carboxylic acids is 2. The topological polar surface area (TPSA) is 179 Å². The predicted octanol–water partition coefficient (Wildman–Crippen LogP) is 3.82. The molecule has 0 radical (unpaired) electrons. The Kier molecular flexibility index (Phi) is 34.3. The van der Waals surface area contributed by atoms with E-state index in [4.69, 9.17) is 10.2 Å². The zero-order valence-electron chi connectivity index (χ0n) is 17.7. The van der Waals surface area contributed by atoms with Crippen molar-refractivity contribution < 1.29 is 19.8 Å². The maximum Gasteiger partial charge on any atom is 0.303 e. The SMILES string of the molecule is NN.NN.O=C(O)CCCCCCCCCCCCCCCCCCC(=O)O. The molecule has 0 aliphatic heterocycles. The van der Waals surface area contributed by atoms with Crippen molar-refractivity contribution in [2.24, 2.45) is 23.4 Å². The number of hydrogen-bond acceptors (Lipinski definition) is 6. The summed E-state index contributed by atoms with van der Waals surface area (Å²) < 4.78 is 0. The van der Waals surface area contributed by atoms with E-state index in [0.29, 0.717) is 12.8 Å². The predicted molar refractivity (Wildman–Crippen MR) is 115 cm³/mol. The molecule has 0 aromatic carbocycles. The van der Waals surface area contributed by atoms with Crippen LogP contribution in [0, 0.1) is 0 Å². The van der Waals surface area contributed by atoms with E-state index >= 15 is 0 Å². The molecule has 170 valence electrons. The second-order valence-electron chi connectivity index (χ2n) is 6.94. The summed E-state index contributed by atoms with van der Waals surface area (Å²) in [5, 5.41) is 17.1. The normalized spacial score (nSPS) is 9.71. The average Bonchev–Trinajstić information content (AvgIpc) is 2.69. The molecule has 0 bridgehead atoms. The fourth-order valence-electron chi connectivity index (χ4n) is 3.03. The van der Waals surface area contributed by atoms with E-state index in [2.05, 4.69) is 23.4 Å². The Morgan fingerprint density at radius 3 is 0.679 bits per heavy atom. The molecule has 0 saturated heterocycles. The zero-order valence-corrected chi connectivity index (χ0v) is 17.7. The van der Waals surface area contributed by atoms with E-state index < -0.39 is 11.9 Å². The molecule has 28 heavy (non-hydrogen) atoms. The van der Waals surface area contributed by atoms with Gasteiger partial charge in [0.1, 0.15) is 0 Å². The second-order valence-corrected chi connectivity index (χ2v) is 6.94. The summed E-state index contributed by atoms with van der Waals surface area (Å²) in [6, 6.07) is 0. The molecule has 0 unspecified atom stereocenters. The molecule has 0 aromatic heterocycles. The first-order valence-electron chi connectivity index (χ1n) is 10.7. The van der Waals surface area contributed by atoms with Crippen LogP contribution in [0.1, 0.15) is 116 Å². The Hall–Kier alpha value is -1.22. The molecule has 0 fully saturated rings. The monoisotopic (exact) mass is 406 g/mol. The van der Waals surface area contributed by atoms with Crippen molar-refractivity contribution in [3.05, 3.63) is 0 Å². The summed E-state index contributed by atoms with van der Waals surface area (Å²) in [5.41, 5.74) is 0. The summed E-state index contributed by atoms with van der Waals surface area (Å²) >= 11 is 0. The highest BCUT2D eigenvalue weighted by molar-refractivity contribution is 5.66. The Morgan fingerprint density at radius 2 is 0.536 bits per heavy atom. The van der Waals surface area contributed by atoms with Gasteiger partial charge in [-0.05, 0) is 12.8 Å². The van der Waals surface area contributed by atoms with Gasteiger partial charge in [-0.3, -0.25) is 33.0 Å². The first-order valence-corrected chi connectivity index (χ1v) is 10.7. The molecule has 0 aliphatic rings. The maximum atomic E-state index is 10.4. The molecule has 8 heteroatoms. The summed E-state index contributed by atoms with van der Waals surface area (Å²) in [6.45, 7) is 0. The van der Waals surface area contributed by atoms with E-state index in [1.807, 2.05) is 0 Å². The van der Waals surface area contributed by atoms with Crippen LogP contribution in [0.3, 0.4) is 0 Å². The minimum atomic E-state index is -0.673. The third-order valence-corrected chi connectivity index (χ3v) is 4.53. The largest absolute Gasteiger partial charge is 0.481 e. The molecule has 0 saturated carbocycles. The number of hydrazine groups is 2. The first-order chi connectivity index (χ1) is 13.6. The lowest BCUT2D eigenvalue weighted by molar-refractivity contribution is -0.138. The van der Waals surface area contributed by atoms with Crippen molar-refractivity contribution in [2.75, 3.05) is 0 Å². The molecular weight excluding hydrogens is 360 g/mol. The minimum absolute atomic E-state index is 0.322. The quantitative estimate of drug-likeness (QED) is 0.106. The summed E-state index contributed by atoms with van der Waals surface area (Å²) in [7, 11) is 0. The van der Waals surface area contributed by atoms with Gasteiger partial charge in [-0.1, -0.05) is 89.9 Å². The van der Waals surface area contributed by atoms with Crippen LogP contribution in [0.2, 0.25) is 0 Å². The van der Waals surface area contributed by atoms with Crippen LogP contribution in [-0.2, 0) is 9.59 Å². The number of hydrogen-bond donors (Lipinski definition) is 6. The van der Waals surface area contributed by atoms with Crippen molar-refractivity contribution >= 4 is 11.9 Å². The highest BCUT2D eigenvalue weighted by Gasteiger charge is 1.98. The van der Waals surface area contributed by atoms with Gasteiger partial charge in [-0.25, -0.2) is 0 Å². The van der Waals surface area contributed by atoms with Gasteiger partial charge in [-0.15, -0.1) is 0 Å². The van der Waals surface area contributed by atoms with Gasteiger partial charge in [0.2, 0.25) is 0 Å². The van der Waals surface area contributed by atoms with Crippen LogP contribution in [0.5, 0.6) is 0 Å². The zero-order chi connectivity index (χ0) is 21.9. The van der Waals surface area contributed by atoms with Crippen molar-refractivity contribution in [3.63, 3.8) is 0 Å². The maximum absolute atomic E-state index is 10.4. The van der Waals surface area contributed by atoms with Crippen LogP contribution in [0.25, 0.3) is 0 Å². The smallest absolute Gasteiger partial charge is 0.303 e. The van der Waals surface area contributed by atoms with Gasteiger partial charge in [0.05, 0.1) is 0 Å². The third-order valence-electron chi connectivity index (χ3n) is 4.53. The van der Waals surface area contributed by atoms with Crippen LogP contribution >= 0.6 is 0 Å². The number of unbranched alkanes of at least 4 members (excludes halogenated alkanes) is 15. The number of carboxylic acid groups (broad SMARTS) is 2. The van der Waals surface area contributed by atoms with Crippen molar-refractivity contribution in [2.45, 2.75) is 116 Å². The molecule has 0 aliphatic carbocycles. The highest BCUT2D eigenvalue weighted by atomic mass is 16.4. The molecule has 0 spiro atoms. The number of rotatable bonds is 19. The Labute approximate surface area is 171 Å². The fourth-order valence-corrected chi connectivity index (χ4v) is 3.03. The second kappa shape index (κ2) is 30.5. The lowest BCUT2D eigenvalue weighted by Crippen LogP contribution is -2.02. The lowest BCUT2D eigenvalue weighted by atomic mass is 10.0. The van der Waals surface area contributed by atoms with Gasteiger partial charge in [0.15, 0.2) is 0 Å². The highest BCUT2D eigenvalue weighted by Crippen LogP contribution is 2.14. The van der Waals surface area contributed by atoms with Crippen molar-refractivity contribution in [3.8, 4) is 0 Å². The molecule has 0 atom stereocenters. The minimum Gasteiger partial charge on any atom is -0.481 e. The van der Waals surface area contributed by atoms with Gasteiger partial charge >= 0.3 is 11.9 Å². The number of nitrogens with two attached hydrogens (primary N) is 4. The first kappa shape index (κ1) is 31.5. The van der Waals surface area contributed by atoms with Crippen molar-refractivity contribution in [1.82, 2.24) is 0 Å². The molecule has 10 N–H and O–H groups in total. The van der Waals surface area contributed by atoms with Crippen LogP contribution in [0.15, 0.2) is 0 Å². The third kappa shape index (κ3) is 35.8. The summed E-state index contributed by atoms with van der Waals surface area (Å²) in [4.78, 5) is 20.7. The van der Waals surface area contributed by atoms with E-state index in [9.17, 15) is 9.59 Å². The van der Waals surface area contributed by atoms with E-state index in [1.165, 1.54) is 77.0 Å². The van der Waals surface area contributed by atoms with Gasteiger partial charge in [-0.2, -0.15) is 0 Å². The fraction of sp³-hybridized carbons (Fsp3) is 0.900.